The summed E-state index contributed by atoms with van der Waals surface area (Å²) in [5.74, 6) is -0.445. The highest BCUT2D eigenvalue weighted by Crippen LogP contribution is 2.04. The Morgan fingerprint density at radius 3 is 2.41 bits per heavy atom. The fraction of sp³-hybridized carbons (Fsp3) is 0.381. The lowest BCUT2D eigenvalue weighted by molar-refractivity contribution is 0.0948. The number of benzene rings is 1. The van der Waals surface area contributed by atoms with Crippen molar-refractivity contribution in [3.05, 3.63) is 65.5 Å². The van der Waals surface area contributed by atoms with E-state index in [4.69, 9.17) is 0 Å². The molecular formula is C21H28N4O2. The van der Waals surface area contributed by atoms with Gasteiger partial charge in [0.1, 0.15) is 5.69 Å². The van der Waals surface area contributed by atoms with Crippen LogP contribution < -0.4 is 10.6 Å². The number of pyridine rings is 1. The molecule has 0 bridgehead atoms. The quantitative estimate of drug-likeness (QED) is 0.630. The fourth-order valence-corrected chi connectivity index (χ4v) is 2.62. The first-order valence-corrected chi connectivity index (χ1v) is 9.27. The van der Waals surface area contributed by atoms with Gasteiger partial charge in [0.05, 0.1) is 0 Å². The Labute approximate surface area is 161 Å². The number of aromatic nitrogens is 1. The van der Waals surface area contributed by atoms with Gasteiger partial charge < -0.3 is 15.5 Å². The van der Waals surface area contributed by atoms with Crippen molar-refractivity contribution < 1.29 is 9.59 Å². The van der Waals surface area contributed by atoms with E-state index < -0.39 is 0 Å². The molecule has 0 unspecified atom stereocenters. The monoisotopic (exact) mass is 368 g/mol. The summed E-state index contributed by atoms with van der Waals surface area (Å²) in [5.41, 5.74) is 1.96. The van der Waals surface area contributed by atoms with Crippen molar-refractivity contribution in [1.29, 1.82) is 0 Å². The van der Waals surface area contributed by atoms with Gasteiger partial charge in [-0.2, -0.15) is 0 Å². The van der Waals surface area contributed by atoms with Gasteiger partial charge in [-0.15, -0.1) is 0 Å². The van der Waals surface area contributed by atoms with E-state index in [-0.39, 0.29) is 17.5 Å². The van der Waals surface area contributed by atoms with E-state index >= 15 is 0 Å². The Hall–Kier alpha value is -2.73. The van der Waals surface area contributed by atoms with E-state index in [1.54, 1.807) is 6.07 Å². The Morgan fingerprint density at radius 1 is 0.963 bits per heavy atom. The van der Waals surface area contributed by atoms with Crippen molar-refractivity contribution in [2.24, 2.45) is 0 Å². The normalized spacial score (nSPS) is 10.6. The highest BCUT2D eigenvalue weighted by atomic mass is 16.2. The zero-order chi connectivity index (χ0) is 19.5. The second-order valence-electron chi connectivity index (χ2n) is 6.69. The third-order valence-electron chi connectivity index (χ3n) is 4.09. The average molecular weight is 368 g/mol. The summed E-state index contributed by atoms with van der Waals surface area (Å²) in [7, 11) is 3.99. The predicted molar refractivity (Wildman–Crippen MR) is 107 cm³/mol. The van der Waals surface area contributed by atoms with Gasteiger partial charge >= 0.3 is 0 Å². The van der Waals surface area contributed by atoms with E-state index in [0.29, 0.717) is 18.7 Å². The van der Waals surface area contributed by atoms with E-state index in [0.717, 1.165) is 25.8 Å². The molecule has 144 valence electrons. The molecule has 0 aliphatic carbocycles. The fourth-order valence-electron chi connectivity index (χ4n) is 2.62. The first-order valence-electron chi connectivity index (χ1n) is 9.27. The number of hydrogen-bond acceptors (Lipinski definition) is 4. The maximum Gasteiger partial charge on any atom is 0.269 e. The molecule has 6 nitrogen and oxygen atoms in total. The molecule has 0 spiro atoms. The third kappa shape index (κ3) is 7.58. The van der Waals surface area contributed by atoms with Gasteiger partial charge in [-0.1, -0.05) is 30.3 Å². The zero-order valence-corrected chi connectivity index (χ0v) is 16.1. The van der Waals surface area contributed by atoms with Crippen LogP contribution in [0.2, 0.25) is 0 Å². The number of hydrogen-bond donors (Lipinski definition) is 2. The number of aryl methyl sites for hydroxylation is 1. The van der Waals surface area contributed by atoms with Crippen molar-refractivity contribution >= 4 is 11.8 Å². The molecule has 0 aliphatic rings. The molecule has 6 heteroatoms. The Balaban J connectivity index is 1.77. The van der Waals surface area contributed by atoms with Crippen LogP contribution in [0.3, 0.4) is 0 Å². The largest absolute Gasteiger partial charge is 0.352 e. The number of carbonyl (C=O) groups is 2. The van der Waals surface area contributed by atoms with Gasteiger partial charge in [0.15, 0.2) is 0 Å². The standard InChI is InChI=1S/C21H28N4O2/c1-25(2)15-7-13-23-20(26)18-11-14-22-19(16-18)21(27)24-12-6-10-17-8-4-3-5-9-17/h3-5,8-9,11,14,16H,6-7,10,12-13,15H2,1-2H3,(H,23,26)(H,24,27). The smallest absolute Gasteiger partial charge is 0.269 e. The SMILES string of the molecule is CN(C)CCCNC(=O)c1ccnc(C(=O)NCCCc2ccccc2)c1. The first kappa shape index (κ1) is 20.6. The van der Waals surface area contributed by atoms with Crippen molar-refractivity contribution in [2.45, 2.75) is 19.3 Å². The van der Waals surface area contributed by atoms with Crippen molar-refractivity contribution in [1.82, 2.24) is 20.5 Å². The van der Waals surface area contributed by atoms with Crippen LogP contribution in [0, 0.1) is 0 Å². The van der Waals surface area contributed by atoms with Crippen LogP contribution in [-0.2, 0) is 6.42 Å². The molecule has 1 aromatic carbocycles. The summed E-state index contributed by atoms with van der Waals surface area (Å²) in [6.07, 6.45) is 4.12. The van der Waals surface area contributed by atoms with Crippen LogP contribution in [0.5, 0.6) is 0 Å². The Bertz CT molecular complexity index is 732. The molecule has 0 radical (unpaired) electrons. The predicted octanol–water partition coefficient (Wildman–Crippen LogP) is 2.13. The van der Waals surface area contributed by atoms with Crippen LogP contribution >= 0.6 is 0 Å². The lowest BCUT2D eigenvalue weighted by Crippen LogP contribution is -2.28. The topological polar surface area (TPSA) is 74.3 Å². The Kier molecular flexibility index (Phi) is 8.45. The molecule has 0 saturated carbocycles. The molecule has 2 N–H and O–H groups in total. The van der Waals surface area contributed by atoms with E-state index in [9.17, 15) is 9.59 Å². The molecule has 2 rings (SSSR count). The molecule has 1 heterocycles. The van der Waals surface area contributed by atoms with E-state index in [1.807, 2.05) is 32.3 Å². The van der Waals surface area contributed by atoms with E-state index in [2.05, 4.69) is 32.7 Å². The van der Waals surface area contributed by atoms with Gasteiger partial charge in [0.25, 0.3) is 11.8 Å². The van der Waals surface area contributed by atoms with E-state index in [1.165, 1.54) is 17.8 Å². The third-order valence-corrected chi connectivity index (χ3v) is 4.09. The molecular weight excluding hydrogens is 340 g/mol. The maximum atomic E-state index is 12.3. The Morgan fingerprint density at radius 2 is 1.67 bits per heavy atom. The lowest BCUT2D eigenvalue weighted by atomic mass is 10.1. The molecule has 0 fully saturated rings. The van der Waals surface area contributed by atoms with Crippen LogP contribution in [0.4, 0.5) is 0 Å². The summed E-state index contributed by atoms with van der Waals surface area (Å²) in [6.45, 7) is 2.07. The highest BCUT2D eigenvalue weighted by molar-refractivity contribution is 5.98. The molecule has 0 aliphatic heterocycles. The van der Waals surface area contributed by atoms with Crippen molar-refractivity contribution in [2.75, 3.05) is 33.7 Å². The second-order valence-corrected chi connectivity index (χ2v) is 6.69. The minimum Gasteiger partial charge on any atom is -0.352 e. The van der Waals surface area contributed by atoms with Gasteiger partial charge in [-0.3, -0.25) is 14.6 Å². The summed E-state index contributed by atoms with van der Waals surface area (Å²) in [5, 5.41) is 5.73. The summed E-state index contributed by atoms with van der Waals surface area (Å²) >= 11 is 0. The van der Waals surface area contributed by atoms with Crippen LogP contribution in [-0.4, -0.2) is 55.4 Å². The molecule has 2 amide bonds. The number of amides is 2. The molecule has 27 heavy (non-hydrogen) atoms. The number of carbonyl (C=O) groups excluding carboxylic acids is 2. The van der Waals surface area contributed by atoms with Crippen molar-refractivity contribution in [3.8, 4) is 0 Å². The molecule has 0 saturated heterocycles. The zero-order valence-electron chi connectivity index (χ0n) is 16.1. The summed E-state index contributed by atoms with van der Waals surface area (Å²) in [6, 6.07) is 13.3. The first-order chi connectivity index (χ1) is 13.1. The van der Waals surface area contributed by atoms with Gasteiger partial charge in [-0.25, -0.2) is 0 Å². The lowest BCUT2D eigenvalue weighted by Gasteiger charge is -2.10. The van der Waals surface area contributed by atoms with Crippen LogP contribution in [0.1, 0.15) is 39.3 Å². The number of nitrogens with zero attached hydrogens (tertiary/aromatic N) is 2. The van der Waals surface area contributed by atoms with Gasteiger partial charge in [0, 0.05) is 24.8 Å². The molecule has 0 atom stereocenters. The summed E-state index contributed by atoms with van der Waals surface area (Å²) < 4.78 is 0. The molecule has 2 aromatic rings. The van der Waals surface area contributed by atoms with Crippen LogP contribution in [0.15, 0.2) is 48.7 Å². The van der Waals surface area contributed by atoms with Crippen molar-refractivity contribution in [3.63, 3.8) is 0 Å². The summed E-state index contributed by atoms with van der Waals surface area (Å²) in [4.78, 5) is 30.6. The maximum absolute atomic E-state index is 12.3. The molecule has 1 aromatic heterocycles. The van der Waals surface area contributed by atoms with Crippen LogP contribution in [0.25, 0.3) is 0 Å². The minimum absolute atomic E-state index is 0.186. The number of rotatable bonds is 10. The van der Waals surface area contributed by atoms with Gasteiger partial charge in [-0.05, 0) is 57.6 Å². The average Bonchev–Trinajstić information content (AvgIpc) is 2.69. The van der Waals surface area contributed by atoms with Gasteiger partial charge in [0.2, 0.25) is 0 Å². The minimum atomic E-state index is -0.259. The number of nitrogens with one attached hydrogen (secondary N) is 2. The highest BCUT2D eigenvalue weighted by Gasteiger charge is 2.11. The second kappa shape index (κ2) is 11.1.